The molecule has 0 saturated carbocycles. The van der Waals surface area contributed by atoms with Crippen LogP contribution in [-0.4, -0.2) is 40.6 Å². The molecule has 12 heteroatoms. The van der Waals surface area contributed by atoms with Crippen LogP contribution in [0.5, 0.6) is 5.88 Å². The van der Waals surface area contributed by atoms with E-state index in [2.05, 4.69) is 15.3 Å². The van der Waals surface area contributed by atoms with Crippen molar-refractivity contribution in [3.05, 3.63) is 40.7 Å². The second kappa shape index (κ2) is 8.22. The normalized spacial score (nSPS) is 12.2. The topological polar surface area (TPSA) is 158 Å². The number of thioether (sulfide) groups is 1. The number of anilines is 1. The van der Waals surface area contributed by atoms with Gasteiger partial charge in [-0.05, 0) is 31.2 Å². The number of rotatable bonds is 6. The Labute approximate surface area is 158 Å². The molecule has 1 aromatic carbocycles. The molecule has 2 aromatic rings. The Morgan fingerprint density at radius 1 is 1.26 bits per heavy atom. The summed E-state index contributed by atoms with van der Waals surface area (Å²) in [6.45, 7) is 2.65. The molecule has 0 aliphatic carbocycles. The van der Waals surface area contributed by atoms with E-state index in [0.717, 1.165) is 24.8 Å². The molecule has 0 fully saturated rings. The second-order valence-corrected chi connectivity index (χ2v) is 8.36. The van der Waals surface area contributed by atoms with Crippen LogP contribution >= 0.6 is 11.8 Å². The van der Waals surface area contributed by atoms with Gasteiger partial charge in [0.2, 0.25) is 17.7 Å². The maximum absolute atomic E-state index is 12.2. The summed E-state index contributed by atoms with van der Waals surface area (Å²) in [7, 11) is -3.95. The van der Waals surface area contributed by atoms with E-state index in [1.807, 2.05) is 4.72 Å². The van der Waals surface area contributed by atoms with E-state index in [1.165, 1.54) is 24.3 Å². The van der Waals surface area contributed by atoms with Crippen LogP contribution in [0.15, 0.2) is 45.2 Å². The van der Waals surface area contributed by atoms with Gasteiger partial charge in [0.25, 0.3) is 15.6 Å². The van der Waals surface area contributed by atoms with Crippen molar-refractivity contribution in [1.82, 2.24) is 14.7 Å². The van der Waals surface area contributed by atoms with Gasteiger partial charge in [-0.1, -0.05) is 11.8 Å². The van der Waals surface area contributed by atoms with Crippen molar-refractivity contribution in [3.8, 4) is 5.88 Å². The summed E-state index contributed by atoms with van der Waals surface area (Å²) in [6, 6.07) is 6.14. The van der Waals surface area contributed by atoms with Gasteiger partial charge in [-0.15, -0.1) is 0 Å². The fraction of sp³-hybridized carbons (Fsp3) is 0.200. The monoisotopic (exact) mass is 412 g/mol. The minimum Gasteiger partial charge on any atom is -0.493 e. The molecule has 1 heterocycles. The molecule has 27 heavy (non-hydrogen) atoms. The number of carbonyl (C=O) groups is 2. The molecule has 144 valence electrons. The first kappa shape index (κ1) is 20.5. The zero-order chi connectivity index (χ0) is 20.2. The van der Waals surface area contributed by atoms with E-state index in [1.54, 1.807) is 6.92 Å². The third kappa shape index (κ3) is 5.82. The first-order valence-electron chi connectivity index (χ1n) is 7.48. The lowest BCUT2D eigenvalue weighted by Gasteiger charge is -2.12. The molecule has 10 nitrogen and oxygen atoms in total. The van der Waals surface area contributed by atoms with E-state index in [9.17, 15) is 27.9 Å². The van der Waals surface area contributed by atoms with Crippen molar-refractivity contribution in [2.75, 3.05) is 5.32 Å². The highest BCUT2D eigenvalue weighted by molar-refractivity contribution is 8.00. The molecule has 4 N–H and O–H groups in total. The molecule has 0 saturated heterocycles. The predicted octanol–water partition coefficient (Wildman–Crippen LogP) is 0.420. The van der Waals surface area contributed by atoms with Crippen molar-refractivity contribution in [3.63, 3.8) is 0 Å². The summed E-state index contributed by atoms with van der Waals surface area (Å²) >= 11 is 0.931. The molecule has 1 atom stereocenters. The van der Waals surface area contributed by atoms with Gasteiger partial charge in [0.1, 0.15) is 0 Å². The average Bonchev–Trinajstić information content (AvgIpc) is 2.53. The Morgan fingerprint density at radius 3 is 2.44 bits per heavy atom. The van der Waals surface area contributed by atoms with Crippen LogP contribution in [0.4, 0.5) is 5.69 Å². The summed E-state index contributed by atoms with van der Waals surface area (Å²) in [5.41, 5.74) is -0.208. The Kier molecular flexibility index (Phi) is 6.23. The summed E-state index contributed by atoms with van der Waals surface area (Å²) in [5.74, 6) is -1.59. The van der Waals surface area contributed by atoms with Gasteiger partial charge in [0.05, 0.1) is 16.2 Å². The number of sulfonamides is 1. The lowest BCUT2D eigenvalue weighted by Crippen LogP contribution is -2.28. The van der Waals surface area contributed by atoms with Gasteiger partial charge < -0.3 is 15.4 Å². The number of carbonyl (C=O) groups excluding carboxylic acids is 2. The SMILES string of the molecule is CC(=O)NS(=O)(=O)c1ccc(NC(=O)C(C)Sc2nc(O)cc(=O)[nH]2)cc1. The number of benzene rings is 1. The molecular formula is C15H16N4O6S2. The van der Waals surface area contributed by atoms with Gasteiger partial charge in [-0.25, -0.2) is 13.1 Å². The number of H-pyrrole nitrogens is 1. The number of aromatic hydroxyl groups is 1. The summed E-state index contributed by atoms with van der Waals surface area (Å²) in [4.78, 5) is 40.4. The number of amides is 2. The molecule has 0 spiro atoms. The molecular weight excluding hydrogens is 396 g/mol. The lowest BCUT2D eigenvalue weighted by atomic mass is 10.3. The van der Waals surface area contributed by atoms with Gasteiger partial charge >= 0.3 is 0 Å². The summed E-state index contributed by atoms with van der Waals surface area (Å²) < 4.78 is 25.6. The third-order valence-electron chi connectivity index (χ3n) is 3.07. The zero-order valence-corrected chi connectivity index (χ0v) is 15.8. The van der Waals surface area contributed by atoms with Crippen molar-refractivity contribution >= 4 is 39.3 Å². The van der Waals surface area contributed by atoms with Gasteiger partial charge in [-0.2, -0.15) is 4.98 Å². The Morgan fingerprint density at radius 2 is 1.89 bits per heavy atom. The Bertz CT molecular complexity index is 1020. The molecule has 2 rings (SSSR count). The minimum atomic E-state index is -3.95. The fourth-order valence-corrected chi connectivity index (χ4v) is 3.71. The van der Waals surface area contributed by atoms with Gasteiger partial charge in [0, 0.05) is 12.6 Å². The Hall–Kier alpha value is -2.86. The fourth-order valence-electron chi connectivity index (χ4n) is 1.91. The highest BCUT2D eigenvalue weighted by atomic mass is 32.2. The Balaban J connectivity index is 2.04. The molecule has 2 amide bonds. The average molecular weight is 412 g/mol. The van der Waals surface area contributed by atoms with E-state index in [4.69, 9.17) is 0 Å². The van der Waals surface area contributed by atoms with E-state index < -0.39 is 38.5 Å². The van der Waals surface area contributed by atoms with Crippen LogP contribution < -0.4 is 15.6 Å². The van der Waals surface area contributed by atoms with Crippen LogP contribution in [0.3, 0.4) is 0 Å². The van der Waals surface area contributed by atoms with Crippen LogP contribution in [0, 0.1) is 0 Å². The van der Waals surface area contributed by atoms with Crippen LogP contribution in [-0.2, 0) is 19.6 Å². The van der Waals surface area contributed by atoms with Crippen LogP contribution in [0.25, 0.3) is 0 Å². The summed E-state index contributed by atoms with van der Waals surface area (Å²) in [5, 5.41) is 11.3. The number of hydrogen-bond acceptors (Lipinski definition) is 8. The number of aromatic nitrogens is 2. The van der Waals surface area contributed by atoms with Gasteiger partial charge in [0.15, 0.2) is 5.16 Å². The molecule has 0 radical (unpaired) electrons. The zero-order valence-electron chi connectivity index (χ0n) is 14.2. The molecule has 1 unspecified atom stereocenters. The van der Waals surface area contributed by atoms with Crippen molar-refractivity contribution in [2.45, 2.75) is 29.1 Å². The quantitative estimate of drug-likeness (QED) is 0.392. The molecule has 0 aliphatic heterocycles. The molecule has 0 aliphatic rings. The number of aromatic amines is 1. The first-order chi connectivity index (χ1) is 12.6. The molecule has 1 aromatic heterocycles. The van der Waals surface area contributed by atoms with E-state index >= 15 is 0 Å². The van der Waals surface area contributed by atoms with Crippen LogP contribution in [0.2, 0.25) is 0 Å². The third-order valence-corrected chi connectivity index (χ3v) is 5.51. The minimum absolute atomic E-state index is 0.0828. The van der Waals surface area contributed by atoms with E-state index in [0.29, 0.717) is 5.69 Å². The van der Waals surface area contributed by atoms with Gasteiger partial charge in [-0.3, -0.25) is 14.4 Å². The van der Waals surface area contributed by atoms with E-state index in [-0.39, 0.29) is 10.1 Å². The number of nitrogens with one attached hydrogen (secondary N) is 3. The van der Waals surface area contributed by atoms with Crippen molar-refractivity contribution in [2.24, 2.45) is 0 Å². The number of nitrogens with zero attached hydrogens (tertiary/aromatic N) is 1. The predicted molar refractivity (Wildman–Crippen MR) is 97.9 cm³/mol. The smallest absolute Gasteiger partial charge is 0.264 e. The summed E-state index contributed by atoms with van der Waals surface area (Å²) in [6.07, 6.45) is 0. The van der Waals surface area contributed by atoms with Crippen molar-refractivity contribution in [1.29, 1.82) is 0 Å². The maximum Gasteiger partial charge on any atom is 0.264 e. The standard InChI is InChI=1S/C15H16N4O6S2/c1-8(26-15-17-12(21)7-13(22)18-15)14(23)16-10-3-5-11(6-4-10)27(24,25)19-9(2)20/h3-8H,1-2H3,(H,16,23)(H,19,20)(H2,17,18,21,22). The highest BCUT2D eigenvalue weighted by Crippen LogP contribution is 2.21. The lowest BCUT2D eigenvalue weighted by molar-refractivity contribution is -0.117. The first-order valence-corrected chi connectivity index (χ1v) is 9.84. The largest absolute Gasteiger partial charge is 0.493 e. The molecule has 0 bridgehead atoms. The van der Waals surface area contributed by atoms with Crippen molar-refractivity contribution < 1.29 is 23.1 Å². The number of hydrogen-bond donors (Lipinski definition) is 4. The highest BCUT2D eigenvalue weighted by Gasteiger charge is 2.18. The maximum atomic E-state index is 12.2. The van der Waals surface area contributed by atoms with Crippen LogP contribution in [0.1, 0.15) is 13.8 Å². The second-order valence-electron chi connectivity index (χ2n) is 5.34.